The molecule has 0 radical (unpaired) electrons. The van der Waals surface area contributed by atoms with Crippen molar-refractivity contribution in [1.29, 1.82) is 0 Å². The van der Waals surface area contributed by atoms with Gasteiger partial charge in [0.25, 0.3) is 0 Å². The zero-order valence-corrected chi connectivity index (χ0v) is 17.3. The molecule has 1 aromatic rings. The van der Waals surface area contributed by atoms with Gasteiger partial charge < -0.3 is 15.4 Å². The van der Waals surface area contributed by atoms with Crippen LogP contribution in [0.15, 0.2) is 29.3 Å². The highest BCUT2D eigenvalue weighted by molar-refractivity contribution is 14.0. The van der Waals surface area contributed by atoms with E-state index in [0.717, 1.165) is 30.9 Å². The fourth-order valence-electron chi connectivity index (χ4n) is 2.51. The maximum Gasteiger partial charge on any atom is 0.191 e. The summed E-state index contributed by atoms with van der Waals surface area (Å²) in [4.78, 5) is 4.58. The SMILES string of the molecule is CCNC(=NCC(C)(C)OC)NCC1(c2ccccc2F)CC1.I. The number of hydrogen-bond acceptors (Lipinski definition) is 2. The molecule has 1 fully saturated rings. The molecule has 2 rings (SSSR count). The summed E-state index contributed by atoms with van der Waals surface area (Å²) in [5.74, 6) is 0.634. The number of ether oxygens (including phenoxy) is 1. The third-order valence-electron chi connectivity index (χ3n) is 4.41. The van der Waals surface area contributed by atoms with Gasteiger partial charge in [0.05, 0.1) is 12.1 Å². The molecular formula is C18H29FIN3O. The second-order valence-electron chi connectivity index (χ2n) is 6.77. The van der Waals surface area contributed by atoms with Crippen molar-refractivity contribution in [3.8, 4) is 0 Å². The van der Waals surface area contributed by atoms with Gasteiger partial charge in [0.1, 0.15) is 5.82 Å². The summed E-state index contributed by atoms with van der Waals surface area (Å²) in [6.07, 6.45) is 2.01. The number of methoxy groups -OCH3 is 1. The van der Waals surface area contributed by atoms with E-state index in [0.29, 0.717) is 13.1 Å². The topological polar surface area (TPSA) is 45.7 Å². The van der Waals surface area contributed by atoms with Crippen LogP contribution in [0.4, 0.5) is 4.39 Å². The van der Waals surface area contributed by atoms with Crippen molar-refractivity contribution >= 4 is 29.9 Å². The molecule has 1 aliphatic rings. The van der Waals surface area contributed by atoms with Crippen LogP contribution in [0.1, 0.15) is 39.2 Å². The number of nitrogens with one attached hydrogen (secondary N) is 2. The van der Waals surface area contributed by atoms with Crippen molar-refractivity contribution < 1.29 is 9.13 Å². The molecule has 1 aliphatic carbocycles. The minimum absolute atomic E-state index is 0. The third kappa shape index (κ3) is 5.58. The average Bonchev–Trinajstić information content (AvgIpc) is 3.31. The number of guanidine groups is 1. The van der Waals surface area contributed by atoms with Gasteiger partial charge in [-0.1, -0.05) is 18.2 Å². The lowest BCUT2D eigenvalue weighted by Gasteiger charge is -2.23. The molecule has 0 heterocycles. The molecule has 0 spiro atoms. The molecule has 1 saturated carbocycles. The lowest BCUT2D eigenvalue weighted by molar-refractivity contribution is 0.0310. The Morgan fingerprint density at radius 3 is 2.50 bits per heavy atom. The van der Waals surface area contributed by atoms with E-state index in [4.69, 9.17) is 4.74 Å². The first kappa shape index (κ1) is 21.2. The predicted molar refractivity (Wildman–Crippen MR) is 108 cm³/mol. The fourth-order valence-corrected chi connectivity index (χ4v) is 2.51. The molecule has 24 heavy (non-hydrogen) atoms. The van der Waals surface area contributed by atoms with E-state index in [-0.39, 0.29) is 40.8 Å². The molecule has 0 aliphatic heterocycles. The molecule has 0 atom stereocenters. The van der Waals surface area contributed by atoms with Crippen molar-refractivity contribution in [2.45, 2.75) is 44.6 Å². The molecule has 6 heteroatoms. The monoisotopic (exact) mass is 449 g/mol. The van der Waals surface area contributed by atoms with Crippen molar-refractivity contribution in [3.05, 3.63) is 35.6 Å². The smallest absolute Gasteiger partial charge is 0.191 e. The number of nitrogens with zero attached hydrogens (tertiary/aromatic N) is 1. The van der Waals surface area contributed by atoms with Gasteiger partial charge in [-0.2, -0.15) is 0 Å². The van der Waals surface area contributed by atoms with Crippen molar-refractivity contribution in [3.63, 3.8) is 0 Å². The Labute approximate surface area is 161 Å². The van der Waals surface area contributed by atoms with E-state index in [1.807, 2.05) is 32.9 Å². The van der Waals surface area contributed by atoms with Gasteiger partial charge in [-0.05, 0) is 45.2 Å². The Morgan fingerprint density at radius 1 is 1.29 bits per heavy atom. The minimum Gasteiger partial charge on any atom is -0.377 e. The highest BCUT2D eigenvalue weighted by atomic mass is 127. The summed E-state index contributed by atoms with van der Waals surface area (Å²) < 4.78 is 19.5. The van der Waals surface area contributed by atoms with Crippen LogP contribution in [0.25, 0.3) is 0 Å². The number of benzene rings is 1. The summed E-state index contributed by atoms with van der Waals surface area (Å²) in [5.41, 5.74) is 0.407. The van der Waals surface area contributed by atoms with Gasteiger partial charge in [-0.25, -0.2) is 4.39 Å². The van der Waals surface area contributed by atoms with Crippen molar-refractivity contribution in [2.24, 2.45) is 4.99 Å². The van der Waals surface area contributed by atoms with Crippen LogP contribution < -0.4 is 10.6 Å². The first-order valence-corrected chi connectivity index (χ1v) is 8.25. The van der Waals surface area contributed by atoms with E-state index in [1.165, 1.54) is 6.07 Å². The summed E-state index contributed by atoms with van der Waals surface area (Å²) in [6, 6.07) is 7.07. The summed E-state index contributed by atoms with van der Waals surface area (Å²) in [6.45, 7) is 8.07. The van der Waals surface area contributed by atoms with E-state index in [1.54, 1.807) is 13.2 Å². The number of rotatable bonds is 7. The zero-order valence-electron chi connectivity index (χ0n) is 15.0. The maximum absolute atomic E-state index is 14.1. The van der Waals surface area contributed by atoms with Gasteiger partial charge in [-0.3, -0.25) is 4.99 Å². The molecule has 0 amide bonds. The van der Waals surface area contributed by atoms with E-state index in [2.05, 4.69) is 15.6 Å². The highest BCUT2D eigenvalue weighted by Crippen LogP contribution is 2.48. The lowest BCUT2D eigenvalue weighted by atomic mass is 9.95. The largest absolute Gasteiger partial charge is 0.377 e. The van der Waals surface area contributed by atoms with Crippen LogP contribution in [0, 0.1) is 5.82 Å². The minimum atomic E-state index is -0.300. The van der Waals surface area contributed by atoms with Crippen LogP contribution in [0.5, 0.6) is 0 Å². The number of halogens is 2. The summed E-state index contributed by atoms with van der Waals surface area (Å²) >= 11 is 0. The van der Waals surface area contributed by atoms with Gasteiger partial charge in [0.2, 0.25) is 0 Å². The molecule has 136 valence electrons. The molecule has 2 N–H and O–H groups in total. The molecule has 4 nitrogen and oxygen atoms in total. The third-order valence-corrected chi connectivity index (χ3v) is 4.41. The molecule has 1 aromatic carbocycles. The maximum atomic E-state index is 14.1. The number of hydrogen-bond donors (Lipinski definition) is 2. The van der Waals surface area contributed by atoms with E-state index >= 15 is 0 Å². The average molecular weight is 449 g/mol. The quantitative estimate of drug-likeness (QED) is 0.381. The van der Waals surface area contributed by atoms with Crippen LogP contribution in [0.2, 0.25) is 0 Å². The normalized spacial score (nSPS) is 16.3. The molecule has 0 bridgehead atoms. The van der Waals surface area contributed by atoms with Crippen LogP contribution >= 0.6 is 24.0 Å². The van der Waals surface area contributed by atoms with Gasteiger partial charge >= 0.3 is 0 Å². The van der Waals surface area contributed by atoms with Crippen LogP contribution in [-0.4, -0.2) is 38.3 Å². The Balaban J connectivity index is 0.00000288. The first-order chi connectivity index (χ1) is 10.9. The Kier molecular flexibility index (Phi) is 7.92. The van der Waals surface area contributed by atoms with Crippen molar-refractivity contribution in [2.75, 3.05) is 26.7 Å². The lowest BCUT2D eigenvalue weighted by Crippen LogP contribution is -2.42. The first-order valence-electron chi connectivity index (χ1n) is 8.25. The van der Waals surface area contributed by atoms with E-state index < -0.39 is 0 Å². The Morgan fingerprint density at radius 2 is 1.96 bits per heavy atom. The van der Waals surface area contributed by atoms with Gasteiger partial charge in [0.15, 0.2) is 5.96 Å². The van der Waals surface area contributed by atoms with Crippen LogP contribution in [-0.2, 0) is 10.2 Å². The highest BCUT2D eigenvalue weighted by Gasteiger charge is 2.45. The molecule has 0 unspecified atom stereocenters. The molecule has 0 aromatic heterocycles. The second-order valence-corrected chi connectivity index (χ2v) is 6.77. The zero-order chi connectivity index (χ0) is 16.9. The molecular weight excluding hydrogens is 420 g/mol. The Hall–Kier alpha value is -0.890. The summed E-state index contributed by atoms with van der Waals surface area (Å²) in [7, 11) is 1.69. The standard InChI is InChI=1S/C18H28FN3O.HI/c1-5-20-16(21-12-17(2,3)23-4)22-13-18(10-11-18)14-8-6-7-9-15(14)19;/h6-9H,5,10-13H2,1-4H3,(H2,20,21,22);1H. The Bertz CT molecular complexity index is 559. The fraction of sp³-hybridized carbons (Fsp3) is 0.611. The van der Waals surface area contributed by atoms with Crippen molar-refractivity contribution in [1.82, 2.24) is 10.6 Å². The van der Waals surface area contributed by atoms with Crippen LogP contribution in [0.3, 0.4) is 0 Å². The molecule has 0 saturated heterocycles. The van der Waals surface area contributed by atoms with E-state index in [9.17, 15) is 4.39 Å². The van der Waals surface area contributed by atoms with Gasteiger partial charge in [0, 0.05) is 25.6 Å². The predicted octanol–water partition coefficient (Wildman–Crippen LogP) is 3.46. The van der Waals surface area contributed by atoms with Gasteiger partial charge in [-0.15, -0.1) is 24.0 Å². The number of aliphatic imine (C=N–C) groups is 1. The second kappa shape index (κ2) is 8.99. The summed E-state index contributed by atoms with van der Waals surface area (Å²) in [5, 5.41) is 6.60.